The number of carbonyl (C=O) groups excluding carboxylic acids is 1. The smallest absolute Gasteiger partial charge is 0.344 e. The van der Waals surface area contributed by atoms with E-state index < -0.39 is 18.1 Å². The Bertz CT molecular complexity index is 174. The highest BCUT2D eigenvalue weighted by molar-refractivity contribution is 5.81. The number of nitrogens with zero attached hydrogens (tertiary/aromatic N) is 1. The van der Waals surface area contributed by atoms with Crippen LogP contribution in [0, 0.1) is 0 Å². The highest BCUT2D eigenvalue weighted by atomic mass is 19.4. The fourth-order valence-corrected chi connectivity index (χ4v) is 0.971. The molecular formula is C6H8F3N2O. The Morgan fingerprint density at radius 1 is 1.50 bits per heavy atom. The molecule has 1 aliphatic rings. The van der Waals surface area contributed by atoms with Gasteiger partial charge in [0.05, 0.1) is 0 Å². The summed E-state index contributed by atoms with van der Waals surface area (Å²) in [5.41, 5.74) is 0. The third-order valence-corrected chi connectivity index (χ3v) is 1.58. The Labute approximate surface area is 67.3 Å². The lowest BCUT2D eigenvalue weighted by atomic mass is 10.2. The van der Waals surface area contributed by atoms with Gasteiger partial charge in [-0.1, -0.05) is 0 Å². The molecule has 1 amide bonds. The lowest BCUT2D eigenvalue weighted by Crippen LogP contribution is -2.43. The maximum Gasteiger partial charge on any atom is 0.471 e. The first-order valence-electron chi connectivity index (χ1n) is 3.51. The normalized spacial score (nSPS) is 24.1. The van der Waals surface area contributed by atoms with Crippen molar-refractivity contribution in [2.45, 2.75) is 18.6 Å². The molecule has 1 N–H and O–H groups in total. The molecule has 0 aromatic rings. The van der Waals surface area contributed by atoms with Gasteiger partial charge in [-0.3, -0.25) is 4.79 Å². The van der Waals surface area contributed by atoms with Gasteiger partial charge in [-0.05, 0) is 6.42 Å². The second kappa shape index (κ2) is 3.30. The van der Waals surface area contributed by atoms with Crippen LogP contribution in [0.3, 0.4) is 0 Å². The largest absolute Gasteiger partial charge is 0.471 e. The molecule has 0 aliphatic carbocycles. The second-order valence-corrected chi connectivity index (χ2v) is 2.59. The Kier molecular flexibility index (Phi) is 2.56. The lowest BCUT2D eigenvalue weighted by molar-refractivity contribution is -0.174. The predicted octanol–water partition coefficient (Wildman–Crippen LogP) is 0.0416. The molecule has 0 bridgehead atoms. The molecule has 1 atom stereocenters. The zero-order valence-electron chi connectivity index (χ0n) is 6.19. The van der Waals surface area contributed by atoms with Crippen molar-refractivity contribution in [1.82, 2.24) is 10.6 Å². The zero-order chi connectivity index (χ0) is 9.19. The van der Waals surface area contributed by atoms with Crippen LogP contribution in [0.2, 0.25) is 0 Å². The monoisotopic (exact) mass is 181 g/mol. The first-order chi connectivity index (χ1) is 5.50. The number of nitrogens with one attached hydrogen (secondary N) is 1. The fourth-order valence-electron chi connectivity index (χ4n) is 0.971. The summed E-state index contributed by atoms with van der Waals surface area (Å²) in [5.74, 6) is -1.87. The van der Waals surface area contributed by atoms with Crippen molar-refractivity contribution in [3.8, 4) is 0 Å². The molecule has 6 heteroatoms. The van der Waals surface area contributed by atoms with Crippen LogP contribution in [0.25, 0.3) is 0 Å². The molecule has 0 saturated carbocycles. The fraction of sp³-hybridized carbons (Fsp3) is 0.833. The van der Waals surface area contributed by atoms with Gasteiger partial charge < -0.3 is 5.32 Å². The minimum atomic E-state index is -4.78. The molecule has 1 heterocycles. The van der Waals surface area contributed by atoms with Gasteiger partial charge >= 0.3 is 12.1 Å². The number of halogens is 3. The van der Waals surface area contributed by atoms with Gasteiger partial charge in [0, 0.05) is 19.1 Å². The SMILES string of the molecule is O=C(N[C@@H]1CC[N]C1)C(F)(F)F. The maximum absolute atomic E-state index is 11.7. The van der Waals surface area contributed by atoms with Crippen LogP contribution in [0.1, 0.15) is 6.42 Å². The summed E-state index contributed by atoms with van der Waals surface area (Å²) in [5, 5.41) is 5.68. The third-order valence-electron chi connectivity index (χ3n) is 1.58. The molecule has 12 heavy (non-hydrogen) atoms. The summed E-state index contributed by atoms with van der Waals surface area (Å²) in [7, 11) is 0. The van der Waals surface area contributed by atoms with E-state index in [4.69, 9.17) is 0 Å². The zero-order valence-corrected chi connectivity index (χ0v) is 6.19. The average Bonchev–Trinajstić information content (AvgIpc) is 2.37. The van der Waals surface area contributed by atoms with Gasteiger partial charge in [-0.2, -0.15) is 13.2 Å². The van der Waals surface area contributed by atoms with E-state index in [-0.39, 0.29) is 0 Å². The van der Waals surface area contributed by atoms with E-state index in [1.165, 1.54) is 0 Å². The molecule has 1 aliphatic heterocycles. The number of rotatable bonds is 1. The molecule has 1 saturated heterocycles. The van der Waals surface area contributed by atoms with E-state index in [1.54, 1.807) is 0 Å². The number of hydrogen-bond donors (Lipinski definition) is 1. The Morgan fingerprint density at radius 3 is 2.58 bits per heavy atom. The first-order valence-corrected chi connectivity index (χ1v) is 3.51. The summed E-state index contributed by atoms with van der Waals surface area (Å²) >= 11 is 0. The Balaban J connectivity index is 2.35. The highest BCUT2D eigenvalue weighted by Gasteiger charge is 2.39. The second-order valence-electron chi connectivity index (χ2n) is 2.59. The predicted molar refractivity (Wildman–Crippen MR) is 34.5 cm³/mol. The number of amides is 1. The van der Waals surface area contributed by atoms with Crippen LogP contribution in [0.4, 0.5) is 13.2 Å². The van der Waals surface area contributed by atoms with Gasteiger partial charge in [0.1, 0.15) is 0 Å². The molecule has 0 aromatic carbocycles. The minimum absolute atomic E-state index is 0.293. The maximum atomic E-state index is 11.7. The molecule has 3 nitrogen and oxygen atoms in total. The summed E-state index contributed by atoms with van der Waals surface area (Å²) in [4.78, 5) is 10.3. The van der Waals surface area contributed by atoms with Crippen LogP contribution < -0.4 is 10.6 Å². The van der Waals surface area contributed by atoms with Crippen molar-refractivity contribution in [2.24, 2.45) is 0 Å². The highest BCUT2D eigenvalue weighted by Crippen LogP contribution is 2.15. The van der Waals surface area contributed by atoms with Gasteiger partial charge in [0.2, 0.25) is 0 Å². The topological polar surface area (TPSA) is 43.2 Å². The van der Waals surface area contributed by atoms with E-state index in [0.29, 0.717) is 19.5 Å². The summed E-state index contributed by atoms with van der Waals surface area (Å²) in [6.07, 6.45) is -4.27. The van der Waals surface area contributed by atoms with Crippen molar-refractivity contribution < 1.29 is 18.0 Å². The average molecular weight is 181 g/mol. The molecular weight excluding hydrogens is 173 g/mol. The van der Waals surface area contributed by atoms with Crippen LogP contribution in [0.15, 0.2) is 0 Å². The van der Waals surface area contributed by atoms with Crippen molar-refractivity contribution in [3.63, 3.8) is 0 Å². The summed E-state index contributed by atoms with van der Waals surface area (Å²) in [6, 6.07) is -0.431. The van der Waals surface area contributed by atoms with Crippen LogP contribution in [-0.4, -0.2) is 31.2 Å². The third kappa shape index (κ3) is 2.37. The quantitative estimate of drug-likeness (QED) is 0.609. The van der Waals surface area contributed by atoms with Gasteiger partial charge in [0.25, 0.3) is 0 Å². The minimum Gasteiger partial charge on any atom is -0.344 e. The van der Waals surface area contributed by atoms with E-state index in [0.717, 1.165) is 0 Å². The molecule has 1 rings (SSSR count). The summed E-state index contributed by atoms with van der Waals surface area (Å²) in [6.45, 7) is 0.824. The molecule has 1 radical (unpaired) electrons. The van der Waals surface area contributed by atoms with E-state index in [9.17, 15) is 18.0 Å². The van der Waals surface area contributed by atoms with E-state index in [1.807, 2.05) is 5.32 Å². The van der Waals surface area contributed by atoms with Crippen LogP contribution in [0.5, 0.6) is 0 Å². The molecule has 0 aromatic heterocycles. The van der Waals surface area contributed by atoms with Gasteiger partial charge in [-0.15, -0.1) is 0 Å². The molecule has 0 spiro atoms. The van der Waals surface area contributed by atoms with Crippen LogP contribution >= 0.6 is 0 Å². The Morgan fingerprint density at radius 2 is 2.17 bits per heavy atom. The van der Waals surface area contributed by atoms with Crippen molar-refractivity contribution in [3.05, 3.63) is 0 Å². The van der Waals surface area contributed by atoms with Crippen molar-refractivity contribution in [2.75, 3.05) is 13.1 Å². The Hall–Kier alpha value is -0.780. The van der Waals surface area contributed by atoms with Crippen molar-refractivity contribution in [1.29, 1.82) is 0 Å². The van der Waals surface area contributed by atoms with E-state index in [2.05, 4.69) is 5.32 Å². The molecule has 0 unspecified atom stereocenters. The first kappa shape index (κ1) is 9.31. The summed E-state index contributed by atoms with van der Waals surface area (Å²) < 4.78 is 35.0. The van der Waals surface area contributed by atoms with E-state index >= 15 is 0 Å². The van der Waals surface area contributed by atoms with Gasteiger partial charge in [0.15, 0.2) is 0 Å². The van der Waals surface area contributed by atoms with Crippen LogP contribution in [-0.2, 0) is 4.79 Å². The standard InChI is InChI=1S/C6H8F3N2O/c7-6(8,9)5(12)11-4-1-2-10-3-4/h4H,1-3H2,(H,11,12)/t4-/m1/s1. The number of alkyl halides is 3. The number of carbonyl (C=O) groups is 1. The molecule has 1 fully saturated rings. The van der Waals surface area contributed by atoms with Crippen molar-refractivity contribution >= 4 is 5.91 Å². The number of hydrogen-bond acceptors (Lipinski definition) is 1. The van der Waals surface area contributed by atoms with Gasteiger partial charge in [-0.25, -0.2) is 5.32 Å². The lowest BCUT2D eigenvalue weighted by Gasteiger charge is -2.12. The molecule has 69 valence electrons.